The van der Waals surface area contributed by atoms with Crippen LogP contribution in [0, 0.1) is 0 Å². The molecule has 0 saturated carbocycles. The van der Waals surface area contributed by atoms with Crippen molar-refractivity contribution in [2.75, 3.05) is 0 Å². The van der Waals surface area contributed by atoms with E-state index in [4.69, 9.17) is 14.7 Å². The highest BCUT2D eigenvalue weighted by molar-refractivity contribution is 5.82. The van der Waals surface area contributed by atoms with Crippen molar-refractivity contribution in [1.82, 2.24) is 20.8 Å². The van der Waals surface area contributed by atoms with E-state index in [1.54, 1.807) is 0 Å². The summed E-state index contributed by atoms with van der Waals surface area (Å²) >= 11 is 0. The molecule has 0 bridgehead atoms. The van der Waals surface area contributed by atoms with Crippen molar-refractivity contribution in [1.29, 1.82) is 0 Å². The molecule has 1 rings (SSSR count). The fraction of sp³-hybridized carbons (Fsp3) is 0.545. The number of carboxylic acids is 2. The second-order valence-corrected chi connectivity index (χ2v) is 4.38. The third kappa shape index (κ3) is 5.75. The molecule has 1 heterocycles. The van der Waals surface area contributed by atoms with Gasteiger partial charge in [0.15, 0.2) is 11.9 Å². The monoisotopic (exact) mass is 316 g/mol. The van der Waals surface area contributed by atoms with Gasteiger partial charge in [-0.15, -0.1) is 0 Å². The Morgan fingerprint density at radius 2 is 2.00 bits per heavy atom. The van der Waals surface area contributed by atoms with E-state index in [9.17, 15) is 19.5 Å². The van der Waals surface area contributed by atoms with E-state index in [0.717, 1.165) is 0 Å². The largest absolute Gasteiger partial charge is 0.481 e. The molecule has 0 aliphatic heterocycles. The summed E-state index contributed by atoms with van der Waals surface area (Å²) in [5.41, 5.74) is 0. The van der Waals surface area contributed by atoms with E-state index >= 15 is 0 Å². The van der Waals surface area contributed by atoms with E-state index in [1.807, 2.05) is 0 Å². The lowest BCUT2D eigenvalue weighted by Crippen LogP contribution is -2.51. The van der Waals surface area contributed by atoms with Crippen LogP contribution in [0.15, 0.2) is 4.52 Å². The second-order valence-electron chi connectivity index (χ2n) is 4.38. The smallest absolute Gasteiger partial charge is 0.328 e. The summed E-state index contributed by atoms with van der Waals surface area (Å²) in [7, 11) is 0. The lowest BCUT2D eigenvalue weighted by Gasteiger charge is -2.16. The van der Waals surface area contributed by atoms with Crippen LogP contribution in [0.25, 0.3) is 0 Å². The van der Waals surface area contributed by atoms with Crippen molar-refractivity contribution in [2.24, 2.45) is 0 Å². The molecule has 0 aliphatic carbocycles. The molecular formula is C11H16N4O7. The molecule has 0 saturated heterocycles. The number of aliphatic hydroxyl groups is 1. The Kier molecular flexibility index (Phi) is 6.25. The minimum absolute atomic E-state index is 0.0412. The number of aliphatic hydroxyl groups excluding tert-OH is 1. The lowest BCUT2D eigenvalue weighted by molar-refractivity contribution is -0.142. The Bertz CT molecular complexity index is 542. The molecule has 1 aromatic heterocycles. The van der Waals surface area contributed by atoms with Crippen LogP contribution < -0.4 is 10.6 Å². The van der Waals surface area contributed by atoms with Gasteiger partial charge in [-0.1, -0.05) is 5.16 Å². The molecule has 2 amide bonds. The number of nitrogens with zero attached hydrogens (tertiary/aromatic N) is 2. The van der Waals surface area contributed by atoms with Crippen LogP contribution in [-0.2, 0) is 22.6 Å². The first-order valence-corrected chi connectivity index (χ1v) is 6.28. The van der Waals surface area contributed by atoms with Crippen LogP contribution in [0.3, 0.4) is 0 Å². The van der Waals surface area contributed by atoms with E-state index in [-0.39, 0.29) is 31.1 Å². The molecule has 11 nitrogen and oxygen atoms in total. The van der Waals surface area contributed by atoms with Crippen LogP contribution in [0.4, 0.5) is 4.79 Å². The van der Waals surface area contributed by atoms with Crippen molar-refractivity contribution in [3.63, 3.8) is 0 Å². The molecule has 2 atom stereocenters. The Hall–Kier alpha value is -2.69. The van der Waals surface area contributed by atoms with Crippen LogP contribution in [0.5, 0.6) is 0 Å². The number of urea groups is 1. The quantitative estimate of drug-likeness (QED) is 0.391. The van der Waals surface area contributed by atoms with Crippen molar-refractivity contribution in [2.45, 2.75) is 38.5 Å². The number of amides is 2. The van der Waals surface area contributed by atoms with E-state index in [0.29, 0.717) is 0 Å². The number of nitrogens with one attached hydrogen (secondary N) is 2. The molecular weight excluding hydrogens is 300 g/mol. The summed E-state index contributed by atoms with van der Waals surface area (Å²) in [5, 5.41) is 34.4. The molecule has 1 aromatic rings. The van der Waals surface area contributed by atoms with Crippen LogP contribution in [-0.4, -0.2) is 55.6 Å². The van der Waals surface area contributed by atoms with Gasteiger partial charge < -0.3 is 30.5 Å². The van der Waals surface area contributed by atoms with Crippen molar-refractivity contribution in [3.8, 4) is 0 Å². The molecule has 2 unspecified atom stereocenters. The first kappa shape index (κ1) is 17.4. The molecule has 5 N–H and O–H groups in total. The van der Waals surface area contributed by atoms with E-state index in [1.165, 1.54) is 6.92 Å². The highest BCUT2D eigenvalue weighted by Gasteiger charge is 2.24. The van der Waals surface area contributed by atoms with Gasteiger partial charge in [0.25, 0.3) is 0 Å². The average Bonchev–Trinajstić information content (AvgIpc) is 2.87. The number of aliphatic carboxylic acids is 2. The number of aromatic nitrogens is 2. The minimum atomic E-state index is -1.45. The molecule has 22 heavy (non-hydrogen) atoms. The summed E-state index contributed by atoms with van der Waals surface area (Å²) in [6.07, 6.45) is -1.33. The fourth-order valence-electron chi connectivity index (χ4n) is 1.42. The van der Waals surface area contributed by atoms with Gasteiger partial charge in [-0.2, -0.15) is 4.98 Å². The zero-order valence-corrected chi connectivity index (χ0v) is 11.6. The maximum atomic E-state index is 11.5. The van der Waals surface area contributed by atoms with Crippen LogP contribution >= 0.6 is 0 Å². The normalized spacial score (nSPS) is 13.2. The predicted molar refractivity (Wildman–Crippen MR) is 68.7 cm³/mol. The lowest BCUT2D eigenvalue weighted by atomic mass is 10.2. The van der Waals surface area contributed by atoms with Gasteiger partial charge in [-0.25, -0.2) is 9.59 Å². The number of carbonyl (C=O) groups excluding carboxylic acids is 1. The molecule has 0 spiro atoms. The summed E-state index contributed by atoms with van der Waals surface area (Å²) in [4.78, 5) is 36.5. The second kappa shape index (κ2) is 7.93. The first-order chi connectivity index (χ1) is 10.3. The summed E-state index contributed by atoms with van der Waals surface area (Å²) < 4.78 is 4.78. The molecule has 122 valence electrons. The fourth-order valence-corrected chi connectivity index (χ4v) is 1.42. The van der Waals surface area contributed by atoms with Crippen molar-refractivity contribution in [3.05, 3.63) is 11.7 Å². The van der Waals surface area contributed by atoms with Crippen LogP contribution in [0.2, 0.25) is 0 Å². The third-order valence-electron chi connectivity index (χ3n) is 2.51. The number of carbonyl (C=O) groups is 3. The Morgan fingerprint density at radius 1 is 1.32 bits per heavy atom. The maximum Gasteiger partial charge on any atom is 0.328 e. The van der Waals surface area contributed by atoms with Gasteiger partial charge in [-0.05, 0) is 6.92 Å². The third-order valence-corrected chi connectivity index (χ3v) is 2.51. The summed E-state index contributed by atoms with van der Waals surface area (Å²) in [5.74, 6) is -2.15. The predicted octanol–water partition coefficient (Wildman–Crippen LogP) is -1.28. The molecule has 0 aromatic carbocycles. The van der Waals surface area contributed by atoms with E-state index < -0.39 is 30.1 Å². The Balaban J connectivity index is 2.44. The van der Waals surface area contributed by atoms with Gasteiger partial charge >= 0.3 is 18.0 Å². The summed E-state index contributed by atoms with van der Waals surface area (Å²) in [6.45, 7) is 1.06. The van der Waals surface area contributed by atoms with Crippen molar-refractivity contribution >= 4 is 18.0 Å². The highest BCUT2D eigenvalue weighted by atomic mass is 16.5. The standard InChI is InChI=1S/C11H16N4O7/c1-5(16)9(10(19)20)14-11(21)12-4-7-13-6(15-22-7)2-3-8(17)18/h5,9,16H,2-4H2,1H3,(H,17,18)(H,19,20)(H2,12,14,21). The number of aryl methyl sites for hydroxylation is 1. The number of carboxylic acid groups (broad SMARTS) is 2. The molecule has 11 heteroatoms. The Labute approximate surface area is 124 Å². The molecule has 0 radical (unpaired) electrons. The first-order valence-electron chi connectivity index (χ1n) is 6.28. The zero-order valence-electron chi connectivity index (χ0n) is 11.6. The number of rotatable bonds is 8. The Morgan fingerprint density at radius 3 is 2.55 bits per heavy atom. The van der Waals surface area contributed by atoms with Gasteiger partial charge in [-0.3, -0.25) is 4.79 Å². The minimum Gasteiger partial charge on any atom is -0.481 e. The SMILES string of the molecule is CC(O)C(NC(=O)NCc1nc(CCC(=O)O)no1)C(=O)O. The highest BCUT2D eigenvalue weighted by Crippen LogP contribution is 2.00. The molecule has 0 fully saturated rings. The van der Waals surface area contributed by atoms with Gasteiger partial charge in [0, 0.05) is 6.42 Å². The average molecular weight is 316 g/mol. The number of hydrogen-bond donors (Lipinski definition) is 5. The maximum absolute atomic E-state index is 11.5. The van der Waals surface area contributed by atoms with Gasteiger partial charge in [0.1, 0.15) is 0 Å². The van der Waals surface area contributed by atoms with Crippen LogP contribution in [0.1, 0.15) is 25.1 Å². The number of hydrogen-bond acceptors (Lipinski definition) is 7. The zero-order chi connectivity index (χ0) is 16.7. The molecule has 0 aliphatic rings. The van der Waals surface area contributed by atoms with Gasteiger partial charge in [0.05, 0.1) is 19.1 Å². The topological polar surface area (TPSA) is 175 Å². The van der Waals surface area contributed by atoms with Crippen molar-refractivity contribution < 1.29 is 34.2 Å². The summed E-state index contributed by atoms with van der Waals surface area (Å²) in [6, 6.07) is -2.28. The van der Waals surface area contributed by atoms with Gasteiger partial charge in [0.2, 0.25) is 5.89 Å². The van der Waals surface area contributed by atoms with E-state index in [2.05, 4.69) is 20.8 Å².